The van der Waals surface area contributed by atoms with Crippen LogP contribution in [0, 0.1) is 0 Å². The van der Waals surface area contributed by atoms with Crippen LogP contribution in [0.3, 0.4) is 0 Å². The third kappa shape index (κ3) is 6.81. The molecule has 0 aliphatic carbocycles. The molecule has 2 rings (SSSR count). The molecule has 0 radical (unpaired) electrons. The van der Waals surface area contributed by atoms with Gasteiger partial charge in [-0.15, -0.1) is 0 Å². The second kappa shape index (κ2) is 9.96. The minimum atomic E-state index is -1.09. The molecule has 0 aliphatic rings. The number of benzene rings is 2. The summed E-state index contributed by atoms with van der Waals surface area (Å²) in [6.45, 7) is 2.19. The first-order valence-electron chi connectivity index (χ1n) is 8.59. The van der Waals surface area contributed by atoms with E-state index in [0.717, 1.165) is 6.42 Å². The molecule has 7 nitrogen and oxygen atoms in total. The summed E-state index contributed by atoms with van der Waals surface area (Å²) in [5.74, 6) is -1.08. The highest BCUT2D eigenvalue weighted by molar-refractivity contribution is 6.04. The smallest absolute Gasteiger partial charge is 0.322 e. The van der Waals surface area contributed by atoms with E-state index in [1.54, 1.807) is 48.5 Å². The van der Waals surface area contributed by atoms with Crippen molar-refractivity contribution in [3.8, 4) is 5.75 Å². The molecule has 2 aromatic rings. The first-order valence-corrected chi connectivity index (χ1v) is 8.59. The van der Waals surface area contributed by atoms with Crippen molar-refractivity contribution in [2.24, 2.45) is 0 Å². The monoisotopic (exact) mass is 370 g/mol. The number of carbonyl (C=O) groups excluding carboxylic acids is 2. The molecule has 0 heterocycles. The summed E-state index contributed by atoms with van der Waals surface area (Å²) in [5.41, 5.74) is 1.79. The Morgan fingerprint density at radius 2 is 1.81 bits per heavy atom. The van der Waals surface area contributed by atoms with Crippen LogP contribution < -0.4 is 15.4 Å². The molecule has 2 aromatic carbocycles. The van der Waals surface area contributed by atoms with Crippen molar-refractivity contribution in [1.82, 2.24) is 5.32 Å². The summed E-state index contributed by atoms with van der Waals surface area (Å²) in [6, 6.07) is 13.7. The number of carbonyl (C=O) groups is 3. The molecule has 2 amide bonds. The molecular formula is C20H22N2O5. The van der Waals surface area contributed by atoms with Crippen LogP contribution in [-0.2, 0) is 16.0 Å². The quantitative estimate of drug-likeness (QED) is 0.629. The Labute approximate surface area is 157 Å². The van der Waals surface area contributed by atoms with Crippen LogP contribution in [0.25, 0.3) is 0 Å². The molecule has 0 aromatic heterocycles. The lowest BCUT2D eigenvalue weighted by molar-refractivity contribution is -0.137. The number of aliphatic carboxylic acids is 1. The van der Waals surface area contributed by atoms with Gasteiger partial charge in [-0.1, -0.05) is 25.1 Å². The van der Waals surface area contributed by atoms with Crippen LogP contribution in [0.2, 0.25) is 0 Å². The number of nitrogens with one attached hydrogen (secondary N) is 2. The summed E-state index contributed by atoms with van der Waals surface area (Å²) in [6.07, 6.45) is 0.954. The van der Waals surface area contributed by atoms with E-state index in [9.17, 15) is 14.4 Å². The largest absolute Gasteiger partial charge is 0.494 e. The van der Waals surface area contributed by atoms with Gasteiger partial charge >= 0.3 is 5.97 Å². The molecule has 27 heavy (non-hydrogen) atoms. The number of ether oxygens (including phenoxy) is 1. The van der Waals surface area contributed by atoms with Gasteiger partial charge in [0.2, 0.25) is 5.91 Å². The fraction of sp³-hybridized carbons (Fsp3) is 0.250. The number of rotatable bonds is 9. The van der Waals surface area contributed by atoms with Gasteiger partial charge in [0, 0.05) is 11.3 Å². The molecule has 0 fully saturated rings. The highest BCUT2D eigenvalue weighted by Gasteiger charge is 2.09. The van der Waals surface area contributed by atoms with E-state index in [1.165, 1.54) is 0 Å². The molecule has 0 spiro atoms. The highest BCUT2D eigenvalue weighted by Crippen LogP contribution is 2.16. The van der Waals surface area contributed by atoms with Gasteiger partial charge in [-0.05, 0) is 42.3 Å². The van der Waals surface area contributed by atoms with Gasteiger partial charge in [-0.3, -0.25) is 14.4 Å². The lowest BCUT2D eigenvalue weighted by Crippen LogP contribution is -2.30. The molecule has 142 valence electrons. The molecule has 0 aliphatic heterocycles. The Morgan fingerprint density at radius 1 is 1.07 bits per heavy atom. The first kappa shape index (κ1) is 20.0. The number of carboxylic acid groups (broad SMARTS) is 1. The Hall–Kier alpha value is -3.35. The standard InChI is InChI=1S/C20H22N2O5/c1-2-10-27-17-5-3-4-15(12-17)20(26)22-16-8-6-14(7-9-16)11-18(23)21-13-19(24)25/h3-9,12H,2,10-11,13H2,1H3,(H,21,23)(H,22,26)(H,24,25). The Balaban J connectivity index is 1.93. The van der Waals surface area contributed by atoms with Crippen LogP contribution in [0.1, 0.15) is 29.3 Å². The van der Waals surface area contributed by atoms with Crippen LogP contribution >= 0.6 is 0 Å². The maximum atomic E-state index is 12.4. The second-order valence-corrected chi connectivity index (χ2v) is 5.87. The third-order valence-electron chi connectivity index (χ3n) is 3.58. The van der Waals surface area contributed by atoms with Crippen LogP contribution in [-0.4, -0.2) is 36.0 Å². The summed E-state index contributed by atoms with van der Waals surface area (Å²) >= 11 is 0. The van der Waals surface area contributed by atoms with Crippen molar-refractivity contribution in [3.63, 3.8) is 0 Å². The lowest BCUT2D eigenvalue weighted by Gasteiger charge is -2.09. The predicted octanol–water partition coefficient (Wildman–Crippen LogP) is 2.47. The molecule has 7 heteroatoms. The molecule has 0 saturated carbocycles. The summed E-state index contributed by atoms with van der Waals surface area (Å²) in [5, 5.41) is 13.6. The second-order valence-electron chi connectivity index (χ2n) is 5.87. The van der Waals surface area contributed by atoms with Crippen molar-refractivity contribution in [3.05, 3.63) is 59.7 Å². The fourth-order valence-electron chi connectivity index (χ4n) is 2.28. The highest BCUT2D eigenvalue weighted by atomic mass is 16.5. The molecule has 0 atom stereocenters. The minimum absolute atomic E-state index is 0.0678. The van der Waals surface area contributed by atoms with Crippen molar-refractivity contribution >= 4 is 23.5 Å². The maximum Gasteiger partial charge on any atom is 0.322 e. The maximum absolute atomic E-state index is 12.4. The topological polar surface area (TPSA) is 105 Å². The molecule has 0 bridgehead atoms. The Kier molecular flexibility index (Phi) is 7.37. The van der Waals surface area contributed by atoms with Gasteiger partial charge in [0.25, 0.3) is 5.91 Å². The van der Waals surface area contributed by atoms with Crippen molar-refractivity contribution in [2.75, 3.05) is 18.5 Å². The van der Waals surface area contributed by atoms with Gasteiger partial charge in [0.1, 0.15) is 12.3 Å². The van der Waals surface area contributed by atoms with Gasteiger partial charge in [0.15, 0.2) is 0 Å². The molecule has 3 N–H and O–H groups in total. The zero-order valence-electron chi connectivity index (χ0n) is 15.0. The molecule has 0 saturated heterocycles. The zero-order chi connectivity index (χ0) is 19.6. The van der Waals surface area contributed by atoms with Gasteiger partial charge in [-0.25, -0.2) is 0 Å². The minimum Gasteiger partial charge on any atom is -0.494 e. The van der Waals surface area contributed by atoms with E-state index in [0.29, 0.717) is 29.2 Å². The van der Waals surface area contributed by atoms with Crippen molar-refractivity contribution in [2.45, 2.75) is 19.8 Å². The van der Waals surface area contributed by atoms with Crippen LogP contribution in [0.15, 0.2) is 48.5 Å². The summed E-state index contributed by atoms with van der Waals surface area (Å²) in [4.78, 5) is 34.4. The number of anilines is 1. The SMILES string of the molecule is CCCOc1cccc(C(=O)Nc2ccc(CC(=O)NCC(=O)O)cc2)c1. The van der Waals surface area contributed by atoms with E-state index >= 15 is 0 Å². The Morgan fingerprint density at radius 3 is 2.48 bits per heavy atom. The van der Waals surface area contributed by atoms with Gasteiger partial charge in [-0.2, -0.15) is 0 Å². The van der Waals surface area contributed by atoms with E-state index in [-0.39, 0.29) is 18.2 Å². The van der Waals surface area contributed by atoms with Crippen LogP contribution in [0.5, 0.6) is 5.75 Å². The molecule has 0 unspecified atom stereocenters. The Bertz CT molecular complexity index is 802. The van der Waals surface area contributed by atoms with E-state index in [2.05, 4.69) is 10.6 Å². The average Bonchev–Trinajstić information content (AvgIpc) is 2.66. The molecular weight excluding hydrogens is 348 g/mol. The fourth-order valence-corrected chi connectivity index (χ4v) is 2.28. The summed E-state index contributed by atoms with van der Waals surface area (Å²) in [7, 11) is 0. The third-order valence-corrected chi connectivity index (χ3v) is 3.58. The number of hydrogen-bond acceptors (Lipinski definition) is 4. The number of hydrogen-bond donors (Lipinski definition) is 3. The average molecular weight is 370 g/mol. The normalized spacial score (nSPS) is 10.1. The van der Waals surface area contributed by atoms with E-state index in [4.69, 9.17) is 9.84 Å². The van der Waals surface area contributed by atoms with Gasteiger partial charge < -0.3 is 20.5 Å². The van der Waals surface area contributed by atoms with Crippen LogP contribution in [0.4, 0.5) is 5.69 Å². The van der Waals surface area contributed by atoms with E-state index < -0.39 is 12.5 Å². The van der Waals surface area contributed by atoms with Crippen molar-refractivity contribution in [1.29, 1.82) is 0 Å². The zero-order valence-corrected chi connectivity index (χ0v) is 15.0. The van der Waals surface area contributed by atoms with Crippen molar-refractivity contribution < 1.29 is 24.2 Å². The van der Waals surface area contributed by atoms with Gasteiger partial charge in [0.05, 0.1) is 13.0 Å². The summed E-state index contributed by atoms with van der Waals surface area (Å²) < 4.78 is 5.53. The predicted molar refractivity (Wildman–Crippen MR) is 101 cm³/mol. The lowest BCUT2D eigenvalue weighted by atomic mass is 10.1. The number of carboxylic acids is 1. The van der Waals surface area contributed by atoms with E-state index in [1.807, 2.05) is 6.92 Å². The first-order chi connectivity index (χ1) is 13.0. The number of amides is 2.